The van der Waals surface area contributed by atoms with Crippen LogP contribution in [-0.4, -0.2) is 20.0 Å². The third kappa shape index (κ3) is 2.56. The van der Waals surface area contributed by atoms with Gasteiger partial charge in [0.25, 0.3) is 0 Å². The Morgan fingerprint density at radius 2 is 1.88 bits per heavy atom. The van der Waals surface area contributed by atoms with Crippen molar-refractivity contribution in [2.75, 3.05) is 5.75 Å². The molecule has 0 radical (unpaired) electrons. The van der Waals surface area contributed by atoms with Gasteiger partial charge in [0.05, 0.1) is 4.90 Å². The molecule has 1 saturated carbocycles. The average Bonchev–Trinajstić information content (AvgIpc) is 3.12. The monoisotopic (exact) mass is 248 g/mol. The van der Waals surface area contributed by atoms with Crippen LogP contribution in [0, 0.1) is 18.3 Å². The fraction of sp³-hybridized carbons (Fsp3) is 0.308. The second-order valence-corrected chi connectivity index (χ2v) is 6.12. The number of hydrogen-bond donors (Lipinski definition) is 0. The van der Waals surface area contributed by atoms with Crippen LogP contribution >= 0.6 is 0 Å². The number of rotatable bonds is 4. The minimum atomic E-state index is -3.40. The van der Waals surface area contributed by atoms with Crippen LogP contribution in [0.5, 0.6) is 0 Å². The normalized spacial score (nSPS) is 15.2. The molecule has 1 aliphatic rings. The van der Waals surface area contributed by atoms with Crippen molar-refractivity contribution in [3.63, 3.8) is 0 Å². The van der Waals surface area contributed by atoms with Crippen molar-refractivity contribution in [3.8, 4) is 12.3 Å². The molecule has 1 aliphatic carbocycles. The molecule has 0 aromatic heterocycles. The number of Topliss-reactive ketones (excluding diaryl/α,β-unsaturated/α-hetero) is 1. The number of benzene rings is 1. The van der Waals surface area contributed by atoms with E-state index in [0.29, 0.717) is 5.56 Å². The van der Waals surface area contributed by atoms with E-state index >= 15 is 0 Å². The average molecular weight is 248 g/mol. The highest BCUT2D eigenvalue weighted by atomic mass is 32.2. The summed E-state index contributed by atoms with van der Waals surface area (Å²) in [7, 11) is -3.40. The van der Waals surface area contributed by atoms with Crippen molar-refractivity contribution in [2.45, 2.75) is 17.7 Å². The van der Waals surface area contributed by atoms with Gasteiger partial charge in [0, 0.05) is 11.5 Å². The summed E-state index contributed by atoms with van der Waals surface area (Å²) in [6.45, 7) is 0. The van der Waals surface area contributed by atoms with E-state index in [9.17, 15) is 13.2 Å². The molecule has 1 aromatic rings. The highest BCUT2D eigenvalue weighted by molar-refractivity contribution is 7.91. The van der Waals surface area contributed by atoms with Crippen molar-refractivity contribution >= 4 is 15.6 Å². The Morgan fingerprint density at radius 1 is 1.29 bits per heavy atom. The van der Waals surface area contributed by atoms with Crippen molar-refractivity contribution < 1.29 is 13.2 Å². The summed E-state index contributed by atoms with van der Waals surface area (Å²) in [5.74, 6) is 2.05. The van der Waals surface area contributed by atoms with Gasteiger partial charge in [-0.25, -0.2) is 8.42 Å². The zero-order valence-electron chi connectivity index (χ0n) is 9.22. The highest BCUT2D eigenvalue weighted by Gasteiger charge is 2.30. The quantitative estimate of drug-likeness (QED) is 0.602. The third-order valence-corrected chi connectivity index (χ3v) is 4.26. The predicted octanol–water partition coefficient (Wildman–Crippen LogP) is 1.69. The number of sulfone groups is 1. The largest absolute Gasteiger partial charge is 0.294 e. The zero-order chi connectivity index (χ0) is 12.5. The van der Waals surface area contributed by atoms with Crippen LogP contribution in [0.1, 0.15) is 23.2 Å². The maximum absolute atomic E-state index is 11.7. The molecule has 0 spiro atoms. The maximum Gasteiger partial charge on any atom is 0.189 e. The van der Waals surface area contributed by atoms with Crippen LogP contribution in [-0.2, 0) is 9.84 Å². The predicted molar refractivity (Wildman–Crippen MR) is 64.4 cm³/mol. The smallest absolute Gasteiger partial charge is 0.189 e. The van der Waals surface area contributed by atoms with Crippen LogP contribution in [0.15, 0.2) is 29.2 Å². The van der Waals surface area contributed by atoms with Gasteiger partial charge in [0.15, 0.2) is 15.6 Å². The van der Waals surface area contributed by atoms with Crippen molar-refractivity contribution in [1.82, 2.24) is 0 Å². The SMILES string of the molecule is C#CCS(=O)(=O)c1ccc(C(=O)C2CC2)cc1. The van der Waals surface area contributed by atoms with Crippen molar-refractivity contribution in [2.24, 2.45) is 5.92 Å². The molecule has 0 aliphatic heterocycles. The van der Waals surface area contributed by atoms with E-state index < -0.39 is 9.84 Å². The molecular formula is C13H12O3S. The first-order valence-electron chi connectivity index (χ1n) is 5.35. The van der Waals surface area contributed by atoms with Gasteiger partial charge in [-0.1, -0.05) is 18.1 Å². The van der Waals surface area contributed by atoms with Crippen LogP contribution in [0.2, 0.25) is 0 Å². The zero-order valence-corrected chi connectivity index (χ0v) is 10.0. The first-order valence-corrected chi connectivity index (χ1v) is 7.00. The van der Waals surface area contributed by atoms with Gasteiger partial charge in [-0.15, -0.1) is 6.42 Å². The summed E-state index contributed by atoms with van der Waals surface area (Å²) in [4.78, 5) is 11.9. The Labute approximate surface area is 101 Å². The van der Waals surface area contributed by atoms with E-state index in [1.807, 2.05) is 0 Å². The lowest BCUT2D eigenvalue weighted by molar-refractivity contribution is 0.0967. The Morgan fingerprint density at radius 3 is 2.35 bits per heavy atom. The van der Waals surface area contributed by atoms with Crippen LogP contribution in [0.3, 0.4) is 0 Å². The Hall–Kier alpha value is -1.60. The molecule has 0 saturated heterocycles. The van der Waals surface area contributed by atoms with Gasteiger partial charge in [-0.3, -0.25) is 4.79 Å². The molecule has 1 aromatic carbocycles. The Balaban J connectivity index is 2.24. The summed E-state index contributed by atoms with van der Waals surface area (Å²) in [6, 6.07) is 6.01. The third-order valence-electron chi connectivity index (χ3n) is 2.72. The summed E-state index contributed by atoms with van der Waals surface area (Å²) < 4.78 is 23.3. The van der Waals surface area contributed by atoms with Crippen LogP contribution < -0.4 is 0 Å². The van der Waals surface area contributed by atoms with Gasteiger partial charge >= 0.3 is 0 Å². The van der Waals surface area contributed by atoms with E-state index in [0.717, 1.165) is 12.8 Å². The molecule has 17 heavy (non-hydrogen) atoms. The fourth-order valence-electron chi connectivity index (χ4n) is 1.60. The molecule has 1 fully saturated rings. The molecule has 0 unspecified atom stereocenters. The summed E-state index contributed by atoms with van der Waals surface area (Å²) in [5.41, 5.74) is 0.576. The molecule has 0 bridgehead atoms. The number of hydrogen-bond acceptors (Lipinski definition) is 3. The van der Waals surface area contributed by atoms with Gasteiger partial charge in [0.2, 0.25) is 0 Å². The number of carbonyl (C=O) groups is 1. The highest BCUT2D eigenvalue weighted by Crippen LogP contribution is 2.32. The molecule has 0 atom stereocenters. The standard InChI is InChI=1S/C13H12O3S/c1-2-9-17(15,16)12-7-5-11(6-8-12)13(14)10-3-4-10/h1,5-8,10H,3-4,9H2. The lowest BCUT2D eigenvalue weighted by atomic mass is 10.1. The summed E-state index contributed by atoms with van der Waals surface area (Å²) in [6.07, 6.45) is 6.88. The second kappa shape index (κ2) is 4.34. The van der Waals surface area contributed by atoms with E-state index in [1.165, 1.54) is 12.1 Å². The minimum Gasteiger partial charge on any atom is -0.294 e. The van der Waals surface area contributed by atoms with Crippen LogP contribution in [0.4, 0.5) is 0 Å². The fourth-order valence-corrected chi connectivity index (χ4v) is 2.54. The van der Waals surface area contributed by atoms with E-state index in [2.05, 4.69) is 5.92 Å². The van der Waals surface area contributed by atoms with Gasteiger partial charge in [-0.2, -0.15) is 0 Å². The first kappa shape index (κ1) is 11.9. The number of carbonyl (C=O) groups excluding carboxylic acids is 1. The number of ketones is 1. The lowest BCUT2D eigenvalue weighted by Crippen LogP contribution is -2.06. The first-order chi connectivity index (χ1) is 8.04. The molecule has 88 valence electrons. The molecule has 4 heteroatoms. The Bertz CT molecular complexity index is 572. The summed E-state index contributed by atoms with van der Waals surface area (Å²) in [5, 5.41) is 0. The van der Waals surface area contributed by atoms with E-state index in [-0.39, 0.29) is 22.3 Å². The summed E-state index contributed by atoms with van der Waals surface area (Å²) >= 11 is 0. The molecule has 0 amide bonds. The molecule has 0 heterocycles. The van der Waals surface area contributed by atoms with Crippen molar-refractivity contribution in [3.05, 3.63) is 29.8 Å². The molecule has 2 rings (SSSR count). The van der Waals surface area contributed by atoms with E-state index in [4.69, 9.17) is 6.42 Å². The molecule has 3 nitrogen and oxygen atoms in total. The van der Waals surface area contributed by atoms with Gasteiger partial charge in [0.1, 0.15) is 5.75 Å². The maximum atomic E-state index is 11.7. The van der Waals surface area contributed by atoms with Crippen LogP contribution in [0.25, 0.3) is 0 Å². The van der Waals surface area contributed by atoms with E-state index in [1.54, 1.807) is 12.1 Å². The van der Waals surface area contributed by atoms with Crippen molar-refractivity contribution in [1.29, 1.82) is 0 Å². The van der Waals surface area contributed by atoms with Gasteiger partial charge in [-0.05, 0) is 25.0 Å². The van der Waals surface area contributed by atoms with Gasteiger partial charge < -0.3 is 0 Å². The minimum absolute atomic E-state index is 0.103. The lowest BCUT2D eigenvalue weighted by Gasteiger charge is -2.02. The topological polar surface area (TPSA) is 51.2 Å². The molecule has 0 N–H and O–H groups in total. The number of terminal acetylenes is 1. The molecular weight excluding hydrogens is 236 g/mol. The Kier molecular flexibility index (Phi) is 3.03. The second-order valence-electron chi connectivity index (χ2n) is 4.13.